The number of rotatable bonds is 7. The Morgan fingerprint density at radius 2 is 1.97 bits per heavy atom. The van der Waals surface area contributed by atoms with Crippen molar-refractivity contribution in [3.05, 3.63) is 39.5 Å². The normalized spacial score (nSPS) is 20.9. The Morgan fingerprint density at radius 1 is 1.26 bits per heavy atom. The molecule has 1 aliphatic heterocycles. The van der Waals surface area contributed by atoms with Gasteiger partial charge in [-0.25, -0.2) is 26.9 Å². The van der Waals surface area contributed by atoms with Crippen molar-refractivity contribution in [1.29, 1.82) is 0 Å². The molecule has 1 saturated carbocycles. The van der Waals surface area contributed by atoms with E-state index in [9.17, 15) is 17.2 Å². The molecule has 2 fully saturated rings. The van der Waals surface area contributed by atoms with Crippen LogP contribution in [-0.4, -0.2) is 76.0 Å². The third-order valence-corrected chi connectivity index (χ3v) is 8.51. The third-order valence-electron chi connectivity index (χ3n) is 6.23. The summed E-state index contributed by atoms with van der Waals surface area (Å²) in [6.07, 6.45) is 2.56. The van der Waals surface area contributed by atoms with Crippen molar-refractivity contribution in [2.24, 2.45) is 5.92 Å². The minimum Gasteiger partial charge on any atom is -0.437 e. The Bertz CT molecular complexity index is 1380. The van der Waals surface area contributed by atoms with E-state index in [0.717, 1.165) is 5.56 Å². The average molecular weight is 592 g/mol. The van der Waals surface area contributed by atoms with Crippen LogP contribution in [0.2, 0.25) is 5.02 Å². The van der Waals surface area contributed by atoms with Crippen LogP contribution in [0.3, 0.4) is 0 Å². The predicted molar refractivity (Wildman–Crippen MR) is 129 cm³/mol. The van der Waals surface area contributed by atoms with Gasteiger partial charge in [0.1, 0.15) is 11.3 Å². The van der Waals surface area contributed by atoms with Crippen LogP contribution in [0, 0.1) is 5.92 Å². The van der Waals surface area contributed by atoms with Crippen molar-refractivity contribution in [1.82, 2.24) is 29.2 Å². The zero-order chi connectivity index (χ0) is 25.0. The fraction of sp³-hybridized carbons (Fsp3) is 0.476. The molecule has 5 rings (SSSR count). The molecule has 3 aromatic rings. The predicted octanol–water partition coefficient (Wildman–Crippen LogP) is 3.77. The first-order valence-electron chi connectivity index (χ1n) is 10.9. The highest BCUT2D eigenvalue weighted by molar-refractivity contribution is 9.10. The highest BCUT2D eigenvalue weighted by atomic mass is 79.9. The van der Waals surface area contributed by atoms with E-state index in [4.69, 9.17) is 16.3 Å². The Kier molecular flexibility index (Phi) is 6.49. The summed E-state index contributed by atoms with van der Waals surface area (Å²) in [4.78, 5) is 6.46. The first-order chi connectivity index (χ1) is 16.5. The van der Waals surface area contributed by atoms with Gasteiger partial charge < -0.3 is 4.74 Å². The SMILES string of the molecule is CS(=O)(=O)N1CCN(Cc2cc(Cl)cnc2Oc2ccc3c(nnn3CC3CC3(F)F)c2Br)CC1. The lowest BCUT2D eigenvalue weighted by Crippen LogP contribution is -2.47. The number of sulfonamides is 1. The van der Waals surface area contributed by atoms with Crippen molar-refractivity contribution < 1.29 is 21.9 Å². The smallest absolute Gasteiger partial charge is 0.253 e. The largest absolute Gasteiger partial charge is 0.437 e. The lowest BCUT2D eigenvalue weighted by atomic mass is 10.2. The molecular weight excluding hydrogens is 570 g/mol. The molecule has 0 radical (unpaired) electrons. The van der Waals surface area contributed by atoms with Crippen molar-refractivity contribution in [3.63, 3.8) is 0 Å². The summed E-state index contributed by atoms with van der Waals surface area (Å²) < 4.78 is 59.8. The van der Waals surface area contributed by atoms with Gasteiger partial charge in [0.05, 0.1) is 27.8 Å². The molecule has 0 amide bonds. The Hall–Kier alpha value is -1.93. The molecule has 35 heavy (non-hydrogen) atoms. The van der Waals surface area contributed by atoms with E-state index < -0.39 is 21.9 Å². The van der Waals surface area contributed by atoms with Crippen molar-refractivity contribution in [2.45, 2.75) is 25.4 Å². The summed E-state index contributed by atoms with van der Waals surface area (Å²) in [5, 5.41) is 8.64. The molecule has 0 N–H and O–H groups in total. The summed E-state index contributed by atoms with van der Waals surface area (Å²) in [6, 6.07) is 5.21. The van der Waals surface area contributed by atoms with Gasteiger partial charge in [0.15, 0.2) is 0 Å². The summed E-state index contributed by atoms with van der Waals surface area (Å²) in [5.74, 6) is -2.56. The highest BCUT2D eigenvalue weighted by Crippen LogP contribution is 2.49. The number of halogens is 4. The first-order valence-corrected chi connectivity index (χ1v) is 13.9. The molecule has 0 spiro atoms. The van der Waals surface area contributed by atoms with E-state index in [1.807, 2.05) is 0 Å². The lowest BCUT2D eigenvalue weighted by molar-refractivity contribution is 0.0944. The summed E-state index contributed by atoms with van der Waals surface area (Å²) in [5.41, 5.74) is 1.87. The molecule has 1 saturated heterocycles. The van der Waals surface area contributed by atoms with Gasteiger partial charge in [0, 0.05) is 56.8 Å². The Labute approximate surface area is 214 Å². The Morgan fingerprint density at radius 3 is 2.63 bits per heavy atom. The van der Waals surface area contributed by atoms with Crippen molar-refractivity contribution in [2.75, 3.05) is 32.4 Å². The van der Waals surface area contributed by atoms with Crippen molar-refractivity contribution >= 4 is 48.6 Å². The van der Waals surface area contributed by atoms with Gasteiger partial charge in [-0.15, -0.1) is 5.10 Å². The molecule has 0 bridgehead atoms. The monoisotopic (exact) mass is 590 g/mol. The molecule has 1 aliphatic carbocycles. The van der Waals surface area contributed by atoms with E-state index in [1.165, 1.54) is 21.4 Å². The van der Waals surface area contributed by atoms with Crippen LogP contribution >= 0.6 is 27.5 Å². The fourth-order valence-corrected chi connectivity index (χ4v) is 5.62. The number of fused-ring (bicyclic) bond motifs is 1. The first kappa shape index (κ1) is 24.8. The Balaban J connectivity index is 1.34. The van der Waals surface area contributed by atoms with Crippen LogP contribution in [0.4, 0.5) is 8.78 Å². The van der Waals surface area contributed by atoms with Gasteiger partial charge in [-0.05, 0) is 34.1 Å². The number of nitrogens with zero attached hydrogens (tertiary/aromatic N) is 6. The second-order valence-corrected chi connectivity index (χ2v) is 12.0. The molecule has 3 heterocycles. The maximum atomic E-state index is 13.3. The molecule has 1 atom stereocenters. The number of alkyl halides is 2. The molecule has 1 aromatic carbocycles. The zero-order valence-electron chi connectivity index (χ0n) is 18.7. The maximum absolute atomic E-state index is 13.3. The van der Waals surface area contributed by atoms with Crippen molar-refractivity contribution in [3.8, 4) is 11.6 Å². The number of pyridine rings is 1. The van der Waals surface area contributed by atoms with Gasteiger partial charge in [-0.1, -0.05) is 16.8 Å². The van der Waals surface area contributed by atoms with E-state index in [-0.39, 0.29) is 13.0 Å². The van der Waals surface area contributed by atoms with E-state index in [1.54, 1.807) is 18.2 Å². The highest BCUT2D eigenvalue weighted by Gasteiger charge is 2.57. The van der Waals surface area contributed by atoms with Crippen LogP contribution < -0.4 is 4.74 Å². The van der Waals surface area contributed by atoms with E-state index in [0.29, 0.717) is 64.9 Å². The van der Waals surface area contributed by atoms with E-state index in [2.05, 4.69) is 36.1 Å². The van der Waals surface area contributed by atoms with Gasteiger partial charge in [-0.2, -0.15) is 4.31 Å². The number of benzene rings is 1. The second-order valence-electron chi connectivity index (χ2n) is 8.84. The fourth-order valence-electron chi connectivity index (χ4n) is 4.11. The molecule has 2 aromatic heterocycles. The minimum absolute atomic E-state index is 0.103. The van der Waals surface area contributed by atoms with Crippen LogP contribution in [-0.2, 0) is 23.1 Å². The van der Waals surface area contributed by atoms with Crippen LogP contribution in [0.1, 0.15) is 12.0 Å². The van der Waals surface area contributed by atoms with Gasteiger partial charge in [-0.3, -0.25) is 4.90 Å². The molecule has 1 unspecified atom stereocenters. The topological polar surface area (TPSA) is 93.5 Å². The number of hydrogen-bond acceptors (Lipinski definition) is 7. The third kappa shape index (κ3) is 5.29. The number of ether oxygens (including phenoxy) is 1. The number of hydrogen-bond donors (Lipinski definition) is 0. The summed E-state index contributed by atoms with van der Waals surface area (Å²) in [6.45, 7) is 2.54. The molecule has 14 heteroatoms. The summed E-state index contributed by atoms with van der Waals surface area (Å²) in [7, 11) is -3.21. The van der Waals surface area contributed by atoms with Gasteiger partial charge >= 0.3 is 0 Å². The summed E-state index contributed by atoms with van der Waals surface area (Å²) >= 11 is 9.70. The maximum Gasteiger partial charge on any atom is 0.253 e. The van der Waals surface area contributed by atoms with Crippen LogP contribution in [0.25, 0.3) is 11.0 Å². The average Bonchev–Trinajstić information content (AvgIpc) is 3.19. The van der Waals surface area contributed by atoms with Crippen LogP contribution in [0.5, 0.6) is 11.6 Å². The molecule has 9 nitrogen and oxygen atoms in total. The number of piperazine rings is 1. The quantitative estimate of drug-likeness (QED) is 0.413. The molecule has 2 aliphatic rings. The number of aromatic nitrogens is 4. The molecular formula is C21H22BrClF2N6O3S. The molecule has 188 valence electrons. The van der Waals surface area contributed by atoms with Crippen LogP contribution in [0.15, 0.2) is 28.9 Å². The van der Waals surface area contributed by atoms with E-state index >= 15 is 0 Å². The standard InChI is InChI=1S/C21H22BrClF2N6O3S/c1-35(32,33)30-6-4-29(5-7-30)11-13-8-15(23)10-26-20(13)34-17-3-2-16-19(18(17)22)27-28-31(16)12-14-9-21(14,24)25/h2-3,8,10,14H,4-7,9,11-12H2,1H3. The second kappa shape index (κ2) is 9.18. The van der Waals surface area contributed by atoms with Gasteiger partial charge in [0.2, 0.25) is 15.9 Å². The zero-order valence-corrected chi connectivity index (χ0v) is 21.8. The van der Waals surface area contributed by atoms with Gasteiger partial charge in [0.25, 0.3) is 5.92 Å². The lowest BCUT2D eigenvalue weighted by Gasteiger charge is -2.33. The minimum atomic E-state index is -3.21.